The minimum absolute atomic E-state index is 0.0102. The maximum atomic E-state index is 11.5. The van der Waals surface area contributed by atoms with Crippen molar-refractivity contribution in [3.8, 4) is 5.75 Å². The summed E-state index contributed by atoms with van der Waals surface area (Å²) in [6.45, 7) is 2.29. The van der Waals surface area contributed by atoms with Gasteiger partial charge in [0, 0.05) is 13.8 Å². The normalized spacial score (nSPS) is 9.29. The average Bonchev–Trinajstić information content (AvgIpc) is 2.25. The van der Waals surface area contributed by atoms with Gasteiger partial charge in [-0.1, -0.05) is 12.1 Å². The number of hydrogen-bond acceptors (Lipinski definition) is 6. The molecule has 0 aliphatic carbocycles. The van der Waals surface area contributed by atoms with E-state index in [-0.39, 0.29) is 11.3 Å². The molecule has 0 unspecified atom stereocenters. The molecule has 0 amide bonds. The second-order valence-electron chi connectivity index (χ2n) is 3.04. The SMILES string of the molecule is CC(=O)OOC(=O)c1ccccc1OC(C)=O. The van der Waals surface area contributed by atoms with E-state index in [4.69, 9.17) is 4.74 Å². The molecule has 6 heteroatoms. The molecule has 0 aromatic heterocycles. The van der Waals surface area contributed by atoms with Gasteiger partial charge < -0.3 is 4.74 Å². The van der Waals surface area contributed by atoms with Crippen molar-refractivity contribution in [3.63, 3.8) is 0 Å². The van der Waals surface area contributed by atoms with Crippen molar-refractivity contribution in [2.24, 2.45) is 0 Å². The van der Waals surface area contributed by atoms with Gasteiger partial charge in [-0.15, -0.1) is 0 Å². The lowest BCUT2D eigenvalue weighted by atomic mass is 10.2. The number of benzene rings is 1. The molecule has 0 N–H and O–H groups in total. The van der Waals surface area contributed by atoms with Crippen molar-refractivity contribution in [1.82, 2.24) is 0 Å². The van der Waals surface area contributed by atoms with Crippen LogP contribution in [0.2, 0.25) is 0 Å². The summed E-state index contributed by atoms with van der Waals surface area (Å²) in [4.78, 5) is 41.0. The Morgan fingerprint density at radius 1 is 0.941 bits per heavy atom. The van der Waals surface area contributed by atoms with Crippen molar-refractivity contribution >= 4 is 17.9 Å². The van der Waals surface area contributed by atoms with Gasteiger partial charge in [0.1, 0.15) is 11.3 Å². The van der Waals surface area contributed by atoms with Crippen LogP contribution in [-0.4, -0.2) is 17.9 Å². The second-order valence-corrected chi connectivity index (χ2v) is 3.04. The molecule has 0 radical (unpaired) electrons. The van der Waals surface area contributed by atoms with Gasteiger partial charge >= 0.3 is 17.9 Å². The first-order valence-electron chi connectivity index (χ1n) is 4.67. The Hall–Kier alpha value is -2.37. The van der Waals surface area contributed by atoms with Gasteiger partial charge in [0.25, 0.3) is 0 Å². The highest BCUT2D eigenvalue weighted by Gasteiger charge is 2.16. The molecule has 1 aromatic carbocycles. The van der Waals surface area contributed by atoms with E-state index in [1.54, 1.807) is 12.1 Å². The van der Waals surface area contributed by atoms with Gasteiger partial charge in [0.15, 0.2) is 0 Å². The molecule has 0 aliphatic rings. The van der Waals surface area contributed by atoms with E-state index in [9.17, 15) is 14.4 Å². The van der Waals surface area contributed by atoms with Gasteiger partial charge in [-0.25, -0.2) is 19.4 Å². The average molecular weight is 238 g/mol. The molecule has 1 aromatic rings. The molecule has 0 atom stereocenters. The molecule has 1 rings (SSSR count). The standard InChI is InChI=1S/C11H10O6/c1-7(12)15-10-6-4-3-5-9(10)11(14)17-16-8(2)13/h3-6H,1-2H3. The maximum Gasteiger partial charge on any atom is 0.390 e. The summed E-state index contributed by atoms with van der Waals surface area (Å²) in [6.07, 6.45) is 0. The van der Waals surface area contributed by atoms with Crippen molar-refractivity contribution in [2.75, 3.05) is 0 Å². The number of carbonyl (C=O) groups excluding carboxylic acids is 3. The topological polar surface area (TPSA) is 78.9 Å². The minimum Gasteiger partial charge on any atom is -0.426 e. The van der Waals surface area contributed by atoms with E-state index in [2.05, 4.69) is 9.78 Å². The highest BCUT2D eigenvalue weighted by molar-refractivity contribution is 5.93. The summed E-state index contributed by atoms with van der Waals surface area (Å²) in [5.41, 5.74) is -0.0102. The first-order chi connectivity index (χ1) is 8.00. The van der Waals surface area contributed by atoms with E-state index in [0.29, 0.717) is 0 Å². The summed E-state index contributed by atoms with van der Waals surface area (Å²) in [5, 5.41) is 0. The summed E-state index contributed by atoms with van der Waals surface area (Å²) >= 11 is 0. The van der Waals surface area contributed by atoms with Gasteiger partial charge in [-0.05, 0) is 12.1 Å². The Bertz CT molecular complexity index is 451. The lowest BCUT2D eigenvalue weighted by molar-refractivity contribution is -0.231. The molecule has 0 spiro atoms. The van der Waals surface area contributed by atoms with Gasteiger partial charge in [0.2, 0.25) is 0 Å². The van der Waals surface area contributed by atoms with Crippen LogP contribution in [0.4, 0.5) is 0 Å². The van der Waals surface area contributed by atoms with Gasteiger partial charge in [0.05, 0.1) is 0 Å². The van der Waals surface area contributed by atoms with Crippen LogP contribution in [0, 0.1) is 0 Å². The predicted molar refractivity (Wildman–Crippen MR) is 54.9 cm³/mol. The van der Waals surface area contributed by atoms with Crippen LogP contribution in [-0.2, 0) is 19.4 Å². The van der Waals surface area contributed by atoms with Gasteiger partial charge in [-0.2, -0.15) is 0 Å². The number of hydrogen-bond donors (Lipinski definition) is 0. The minimum atomic E-state index is -0.919. The van der Waals surface area contributed by atoms with Crippen molar-refractivity contribution in [1.29, 1.82) is 0 Å². The number of rotatable bonds is 2. The summed E-state index contributed by atoms with van der Waals surface area (Å²) in [5.74, 6) is -2.21. The monoisotopic (exact) mass is 238 g/mol. The predicted octanol–water partition coefficient (Wildman–Crippen LogP) is 1.25. The molecule has 0 bridgehead atoms. The Labute approximate surface area is 97.0 Å². The fraction of sp³-hybridized carbons (Fsp3) is 0.182. The fourth-order valence-electron chi connectivity index (χ4n) is 1.02. The fourth-order valence-corrected chi connectivity index (χ4v) is 1.02. The molecule has 0 aliphatic heterocycles. The Kier molecular flexibility index (Phi) is 4.21. The lowest BCUT2D eigenvalue weighted by Gasteiger charge is -2.06. The van der Waals surface area contributed by atoms with E-state index in [1.807, 2.05) is 0 Å². The first kappa shape index (κ1) is 12.7. The zero-order valence-corrected chi connectivity index (χ0v) is 9.26. The smallest absolute Gasteiger partial charge is 0.390 e. The molecule has 90 valence electrons. The third-order valence-electron chi connectivity index (χ3n) is 1.60. The first-order valence-corrected chi connectivity index (χ1v) is 4.67. The van der Waals surface area contributed by atoms with Crippen molar-refractivity contribution in [3.05, 3.63) is 29.8 Å². The molecule has 17 heavy (non-hydrogen) atoms. The van der Waals surface area contributed by atoms with Crippen LogP contribution in [0.25, 0.3) is 0 Å². The van der Waals surface area contributed by atoms with Crippen LogP contribution in [0.5, 0.6) is 5.75 Å². The third-order valence-corrected chi connectivity index (χ3v) is 1.60. The molecule has 0 saturated heterocycles. The molecule has 0 fully saturated rings. The highest BCUT2D eigenvalue weighted by Crippen LogP contribution is 2.19. The molecule has 0 heterocycles. The van der Waals surface area contributed by atoms with E-state index < -0.39 is 17.9 Å². The Balaban J connectivity index is 2.85. The number of esters is 1. The summed E-state index contributed by atoms with van der Waals surface area (Å²) in [7, 11) is 0. The molecular formula is C11H10O6. The second kappa shape index (κ2) is 5.64. The zero-order chi connectivity index (χ0) is 12.8. The quantitative estimate of drug-likeness (QED) is 0.334. The molecular weight excluding hydrogens is 228 g/mol. The van der Waals surface area contributed by atoms with Crippen molar-refractivity contribution < 1.29 is 28.9 Å². The van der Waals surface area contributed by atoms with Crippen molar-refractivity contribution in [2.45, 2.75) is 13.8 Å². The van der Waals surface area contributed by atoms with Crippen LogP contribution < -0.4 is 4.74 Å². The van der Waals surface area contributed by atoms with Gasteiger partial charge in [-0.3, -0.25) is 4.79 Å². The zero-order valence-electron chi connectivity index (χ0n) is 9.26. The van der Waals surface area contributed by atoms with E-state index in [0.717, 1.165) is 6.92 Å². The molecule has 6 nitrogen and oxygen atoms in total. The Morgan fingerprint density at radius 2 is 1.59 bits per heavy atom. The third kappa shape index (κ3) is 3.94. The highest BCUT2D eigenvalue weighted by atomic mass is 17.2. The largest absolute Gasteiger partial charge is 0.426 e. The Morgan fingerprint density at radius 3 is 2.18 bits per heavy atom. The van der Waals surface area contributed by atoms with E-state index >= 15 is 0 Å². The number of carbonyl (C=O) groups is 3. The maximum absolute atomic E-state index is 11.5. The van der Waals surface area contributed by atoms with Crippen LogP contribution in [0.3, 0.4) is 0 Å². The summed E-state index contributed by atoms with van der Waals surface area (Å²) < 4.78 is 4.79. The lowest BCUT2D eigenvalue weighted by Crippen LogP contribution is -2.12. The summed E-state index contributed by atoms with van der Waals surface area (Å²) in [6, 6.07) is 5.94. The number of para-hydroxylation sites is 1. The molecule has 0 saturated carbocycles. The number of ether oxygens (including phenoxy) is 1. The van der Waals surface area contributed by atoms with Crippen LogP contribution in [0.15, 0.2) is 24.3 Å². The van der Waals surface area contributed by atoms with Crippen LogP contribution >= 0.6 is 0 Å². The van der Waals surface area contributed by atoms with Crippen LogP contribution in [0.1, 0.15) is 24.2 Å². The van der Waals surface area contributed by atoms with E-state index in [1.165, 1.54) is 19.1 Å².